The number of hydrogen-bond acceptors (Lipinski definition) is 3. The molecule has 25 heavy (non-hydrogen) atoms. The van der Waals surface area contributed by atoms with Crippen molar-refractivity contribution in [2.75, 3.05) is 26.2 Å². The lowest BCUT2D eigenvalue weighted by Gasteiger charge is -2.18. The molecular formula is C22H40N2O. The molecule has 0 amide bonds. The Morgan fingerprint density at radius 1 is 0.920 bits per heavy atom. The Labute approximate surface area is 155 Å². The van der Waals surface area contributed by atoms with Crippen LogP contribution >= 0.6 is 0 Å². The molecule has 0 bridgehead atoms. The van der Waals surface area contributed by atoms with Gasteiger partial charge in [-0.15, -0.1) is 0 Å². The fourth-order valence-electron chi connectivity index (χ4n) is 3.22. The Morgan fingerprint density at radius 2 is 1.60 bits per heavy atom. The monoisotopic (exact) mass is 348 g/mol. The quantitative estimate of drug-likeness (QED) is 0.295. The predicted octanol–water partition coefficient (Wildman–Crippen LogP) is 5.51. The van der Waals surface area contributed by atoms with Crippen LogP contribution in [0.1, 0.15) is 84.0 Å². The Hall–Kier alpha value is -1.09. The lowest BCUT2D eigenvalue weighted by atomic mass is 10.1. The summed E-state index contributed by atoms with van der Waals surface area (Å²) < 4.78 is 0. The Balaban J connectivity index is 1.86. The second kappa shape index (κ2) is 16.4. The van der Waals surface area contributed by atoms with Gasteiger partial charge in [-0.2, -0.15) is 0 Å². The summed E-state index contributed by atoms with van der Waals surface area (Å²) in [7, 11) is 0. The van der Waals surface area contributed by atoms with E-state index in [9.17, 15) is 0 Å². The van der Waals surface area contributed by atoms with E-state index in [2.05, 4.69) is 41.1 Å². The molecule has 0 saturated heterocycles. The maximum Gasteiger partial charge on any atom is 0.0991 e. The zero-order valence-corrected chi connectivity index (χ0v) is 16.5. The van der Waals surface area contributed by atoms with E-state index in [1.807, 2.05) is 0 Å². The zero-order valence-electron chi connectivity index (χ0n) is 16.5. The number of rotatable bonds is 16. The molecule has 3 nitrogen and oxygen atoms in total. The van der Waals surface area contributed by atoms with Gasteiger partial charge in [-0.25, -0.2) is 0 Å². The molecule has 1 aliphatic heterocycles. The van der Waals surface area contributed by atoms with Crippen LogP contribution in [0.4, 0.5) is 0 Å². The fourth-order valence-corrected chi connectivity index (χ4v) is 3.22. The Bertz CT molecular complexity index is 387. The van der Waals surface area contributed by atoms with E-state index >= 15 is 0 Å². The van der Waals surface area contributed by atoms with Crippen LogP contribution in [-0.2, 0) is 0 Å². The van der Waals surface area contributed by atoms with E-state index in [0.29, 0.717) is 0 Å². The maximum absolute atomic E-state index is 9.04. The molecule has 1 aliphatic rings. The molecule has 0 aromatic heterocycles. The average molecular weight is 349 g/mol. The second-order valence-electron chi connectivity index (χ2n) is 6.99. The third-order valence-electron chi connectivity index (χ3n) is 4.75. The van der Waals surface area contributed by atoms with Crippen molar-refractivity contribution in [3.8, 4) is 0 Å². The van der Waals surface area contributed by atoms with E-state index < -0.39 is 0 Å². The number of aliphatic imine (C=N–C) groups is 1. The molecule has 0 aromatic carbocycles. The summed E-state index contributed by atoms with van der Waals surface area (Å²) in [6.07, 6.45) is 24.5. The third kappa shape index (κ3) is 12.0. The molecular weight excluding hydrogens is 308 g/mol. The molecule has 0 aliphatic carbocycles. The number of unbranched alkanes of at least 4 members (excludes halogenated alkanes) is 8. The van der Waals surface area contributed by atoms with Crippen molar-refractivity contribution in [1.82, 2.24) is 4.90 Å². The molecule has 0 fully saturated rings. The van der Waals surface area contributed by atoms with Gasteiger partial charge in [0.05, 0.1) is 19.0 Å². The molecule has 0 spiro atoms. The van der Waals surface area contributed by atoms with Gasteiger partial charge >= 0.3 is 0 Å². The largest absolute Gasteiger partial charge is 0.395 e. The molecule has 3 heteroatoms. The number of nitrogens with zero attached hydrogens (tertiary/aromatic N) is 2. The van der Waals surface area contributed by atoms with Crippen molar-refractivity contribution >= 4 is 5.84 Å². The normalized spacial score (nSPS) is 15.0. The summed E-state index contributed by atoms with van der Waals surface area (Å²) in [6.45, 7) is 5.15. The Kier molecular flexibility index (Phi) is 14.4. The van der Waals surface area contributed by atoms with Crippen LogP contribution in [-0.4, -0.2) is 42.1 Å². The SMILES string of the molecule is CCCCC/C=C\C/C=C\CCCCCCCC1=NCCN1CCO. The van der Waals surface area contributed by atoms with Crippen molar-refractivity contribution in [2.24, 2.45) is 4.99 Å². The second-order valence-corrected chi connectivity index (χ2v) is 6.99. The van der Waals surface area contributed by atoms with Gasteiger partial charge in [-0.3, -0.25) is 4.99 Å². The molecule has 1 N–H and O–H groups in total. The topological polar surface area (TPSA) is 35.8 Å². The smallest absolute Gasteiger partial charge is 0.0991 e. The number of β-amino-alcohol motifs (C(OH)–C–C–N with tert-alkyl or cyclic N) is 1. The first-order valence-electron chi connectivity index (χ1n) is 10.6. The molecule has 144 valence electrons. The minimum absolute atomic E-state index is 0.237. The average Bonchev–Trinajstić information content (AvgIpc) is 3.06. The molecule has 0 radical (unpaired) electrons. The van der Waals surface area contributed by atoms with Gasteiger partial charge in [-0.1, -0.05) is 63.3 Å². The highest BCUT2D eigenvalue weighted by Gasteiger charge is 2.14. The van der Waals surface area contributed by atoms with Crippen LogP contribution in [0.25, 0.3) is 0 Å². The molecule has 0 aromatic rings. The fraction of sp³-hybridized carbons (Fsp3) is 0.773. The lowest BCUT2D eigenvalue weighted by molar-refractivity contribution is 0.255. The number of aliphatic hydroxyl groups excluding tert-OH is 1. The van der Waals surface area contributed by atoms with Crippen LogP contribution in [0.15, 0.2) is 29.3 Å². The van der Waals surface area contributed by atoms with Gasteiger partial charge in [0, 0.05) is 19.5 Å². The number of hydrogen-bond donors (Lipinski definition) is 1. The minimum atomic E-state index is 0.237. The minimum Gasteiger partial charge on any atom is -0.395 e. The van der Waals surface area contributed by atoms with E-state index in [4.69, 9.17) is 5.11 Å². The van der Waals surface area contributed by atoms with E-state index in [0.717, 1.165) is 32.5 Å². The molecule has 0 saturated carbocycles. The third-order valence-corrected chi connectivity index (χ3v) is 4.75. The number of aliphatic hydroxyl groups is 1. The van der Waals surface area contributed by atoms with Gasteiger partial charge in [0.2, 0.25) is 0 Å². The highest BCUT2D eigenvalue weighted by Crippen LogP contribution is 2.12. The molecule has 1 rings (SSSR count). The molecule has 1 heterocycles. The van der Waals surface area contributed by atoms with Crippen molar-refractivity contribution in [3.05, 3.63) is 24.3 Å². The first-order chi connectivity index (χ1) is 12.4. The van der Waals surface area contributed by atoms with Crippen molar-refractivity contribution in [2.45, 2.75) is 84.0 Å². The number of allylic oxidation sites excluding steroid dienone is 4. The summed E-state index contributed by atoms with van der Waals surface area (Å²) in [6, 6.07) is 0. The summed E-state index contributed by atoms with van der Waals surface area (Å²) >= 11 is 0. The van der Waals surface area contributed by atoms with Crippen LogP contribution in [0.3, 0.4) is 0 Å². The highest BCUT2D eigenvalue weighted by molar-refractivity contribution is 5.83. The summed E-state index contributed by atoms with van der Waals surface area (Å²) in [5, 5.41) is 9.04. The Morgan fingerprint density at radius 3 is 2.32 bits per heavy atom. The van der Waals surface area contributed by atoms with Gasteiger partial charge in [0.1, 0.15) is 0 Å². The zero-order chi connectivity index (χ0) is 18.0. The van der Waals surface area contributed by atoms with Gasteiger partial charge in [-0.05, 0) is 38.5 Å². The lowest BCUT2D eigenvalue weighted by Crippen LogP contribution is -2.30. The van der Waals surface area contributed by atoms with Gasteiger partial charge in [0.25, 0.3) is 0 Å². The van der Waals surface area contributed by atoms with E-state index in [1.54, 1.807) is 0 Å². The summed E-state index contributed by atoms with van der Waals surface area (Å²) in [5.41, 5.74) is 0. The maximum atomic E-state index is 9.04. The van der Waals surface area contributed by atoms with Crippen LogP contribution in [0.5, 0.6) is 0 Å². The standard InChI is InChI=1S/C22H40N2O/c1-2-3-4-5-6-7-8-9-10-11-12-13-14-15-16-17-22-23-18-19-24(22)20-21-25/h6-7,9-10,25H,2-5,8,11-21H2,1H3/b7-6-,10-9-. The van der Waals surface area contributed by atoms with Crippen molar-refractivity contribution in [3.63, 3.8) is 0 Å². The molecule has 0 atom stereocenters. The van der Waals surface area contributed by atoms with Gasteiger partial charge < -0.3 is 10.0 Å². The van der Waals surface area contributed by atoms with E-state index in [1.165, 1.54) is 70.0 Å². The number of amidine groups is 1. The summed E-state index contributed by atoms with van der Waals surface area (Å²) in [5.74, 6) is 1.22. The highest BCUT2D eigenvalue weighted by atomic mass is 16.3. The predicted molar refractivity (Wildman–Crippen MR) is 110 cm³/mol. The first kappa shape index (κ1) is 22.0. The van der Waals surface area contributed by atoms with Crippen molar-refractivity contribution in [1.29, 1.82) is 0 Å². The van der Waals surface area contributed by atoms with Crippen LogP contribution < -0.4 is 0 Å². The van der Waals surface area contributed by atoms with Gasteiger partial charge in [0.15, 0.2) is 0 Å². The summed E-state index contributed by atoms with van der Waals surface area (Å²) in [4.78, 5) is 6.80. The first-order valence-corrected chi connectivity index (χ1v) is 10.6. The van der Waals surface area contributed by atoms with Crippen LogP contribution in [0, 0.1) is 0 Å². The van der Waals surface area contributed by atoms with Crippen molar-refractivity contribution < 1.29 is 5.11 Å². The molecule has 0 unspecified atom stereocenters. The van der Waals surface area contributed by atoms with E-state index in [-0.39, 0.29) is 6.61 Å². The van der Waals surface area contributed by atoms with Crippen LogP contribution in [0.2, 0.25) is 0 Å².